The predicted octanol–water partition coefficient (Wildman–Crippen LogP) is 3.39. The van der Waals surface area contributed by atoms with Gasteiger partial charge < -0.3 is 10.2 Å². The van der Waals surface area contributed by atoms with E-state index in [2.05, 4.69) is 15.5 Å². The Morgan fingerprint density at radius 1 is 1.43 bits per heavy atom. The Labute approximate surface area is 132 Å². The van der Waals surface area contributed by atoms with E-state index in [9.17, 15) is 4.79 Å². The third-order valence-corrected chi connectivity index (χ3v) is 4.67. The SMILES string of the molecule is O=C(Nc1cn[nH]c1)N1CCSCC1c1ccc(Cl)cc1. The van der Waals surface area contributed by atoms with Crippen molar-refractivity contribution in [2.45, 2.75) is 6.04 Å². The van der Waals surface area contributed by atoms with Gasteiger partial charge in [-0.25, -0.2) is 4.79 Å². The molecule has 3 rings (SSSR count). The van der Waals surface area contributed by atoms with Gasteiger partial charge in [-0.15, -0.1) is 0 Å². The van der Waals surface area contributed by atoms with Crippen LogP contribution in [0.5, 0.6) is 0 Å². The van der Waals surface area contributed by atoms with E-state index in [-0.39, 0.29) is 12.1 Å². The van der Waals surface area contributed by atoms with Crippen LogP contribution >= 0.6 is 23.4 Å². The lowest BCUT2D eigenvalue weighted by atomic mass is 10.1. The van der Waals surface area contributed by atoms with Crippen LogP contribution in [0.15, 0.2) is 36.7 Å². The summed E-state index contributed by atoms with van der Waals surface area (Å²) in [5.41, 5.74) is 1.78. The topological polar surface area (TPSA) is 61.0 Å². The van der Waals surface area contributed by atoms with Gasteiger partial charge in [-0.3, -0.25) is 5.10 Å². The summed E-state index contributed by atoms with van der Waals surface area (Å²) in [5, 5.41) is 10.1. The second-order valence-electron chi connectivity index (χ2n) is 4.75. The van der Waals surface area contributed by atoms with E-state index < -0.39 is 0 Å². The number of halogens is 1. The average Bonchev–Trinajstić information content (AvgIpc) is 3.01. The maximum atomic E-state index is 12.5. The molecule has 0 radical (unpaired) electrons. The van der Waals surface area contributed by atoms with Gasteiger partial charge >= 0.3 is 6.03 Å². The Balaban J connectivity index is 1.77. The van der Waals surface area contributed by atoms with Crippen LogP contribution < -0.4 is 5.32 Å². The van der Waals surface area contributed by atoms with Gasteiger partial charge in [-0.05, 0) is 17.7 Å². The van der Waals surface area contributed by atoms with Crippen LogP contribution in [-0.2, 0) is 0 Å². The summed E-state index contributed by atoms with van der Waals surface area (Å²) in [5.74, 6) is 1.84. The molecule has 1 atom stereocenters. The van der Waals surface area contributed by atoms with Crippen molar-refractivity contribution in [3.63, 3.8) is 0 Å². The molecule has 2 amide bonds. The summed E-state index contributed by atoms with van der Waals surface area (Å²) >= 11 is 7.79. The van der Waals surface area contributed by atoms with E-state index in [0.29, 0.717) is 10.7 Å². The number of amides is 2. The highest BCUT2D eigenvalue weighted by Gasteiger charge is 2.28. The zero-order valence-corrected chi connectivity index (χ0v) is 12.8. The number of benzene rings is 1. The lowest BCUT2D eigenvalue weighted by Crippen LogP contribution is -2.43. The first-order chi connectivity index (χ1) is 10.2. The van der Waals surface area contributed by atoms with E-state index in [1.807, 2.05) is 40.9 Å². The van der Waals surface area contributed by atoms with Gasteiger partial charge in [0, 0.05) is 29.3 Å². The Morgan fingerprint density at radius 3 is 2.95 bits per heavy atom. The monoisotopic (exact) mass is 322 g/mol. The number of hydrogen-bond acceptors (Lipinski definition) is 3. The molecule has 0 aliphatic carbocycles. The van der Waals surface area contributed by atoms with Crippen molar-refractivity contribution in [1.82, 2.24) is 15.1 Å². The average molecular weight is 323 g/mol. The number of H-pyrrole nitrogens is 1. The van der Waals surface area contributed by atoms with E-state index in [4.69, 9.17) is 11.6 Å². The minimum Gasteiger partial charge on any atom is -0.316 e. The fourth-order valence-corrected chi connectivity index (χ4v) is 3.54. The van der Waals surface area contributed by atoms with Crippen molar-refractivity contribution >= 4 is 35.1 Å². The molecule has 2 N–H and O–H groups in total. The van der Waals surface area contributed by atoms with Gasteiger partial charge in [0.05, 0.1) is 17.9 Å². The van der Waals surface area contributed by atoms with Gasteiger partial charge in [0.25, 0.3) is 0 Å². The van der Waals surface area contributed by atoms with Crippen molar-refractivity contribution in [3.8, 4) is 0 Å². The summed E-state index contributed by atoms with van der Waals surface area (Å²) in [6, 6.07) is 7.66. The maximum absolute atomic E-state index is 12.5. The summed E-state index contributed by atoms with van der Waals surface area (Å²) < 4.78 is 0. The predicted molar refractivity (Wildman–Crippen MR) is 85.8 cm³/mol. The van der Waals surface area contributed by atoms with Crippen LogP contribution in [0, 0.1) is 0 Å². The zero-order valence-electron chi connectivity index (χ0n) is 11.3. The molecule has 0 saturated carbocycles. The molecule has 1 aromatic heterocycles. The van der Waals surface area contributed by atoms with Gasteiger partial charge in [0.1, 0.15) is 0 Å². The lowest BCUT2D eigenvalue weighted by Gasteiger charge is -2.35. The van der Waals surface area contributed by atoms with E-state index in [0.717, 1.165) is 23.6 Å². The summed E-state index contributed by atoms with van der Waals surface area (Å²) in [6.07, 6.45) is 3.25. The summed E-state index contributed by atoms with van der Waals surface area (Å²) in [6.45, 7) is 0.724. The summed E-state index contributed by atoms with van der Waals surface area (Å²) in [4.78, 5) is 14.3. The first-order valence-corrected chi connectivity index (χ1v) is 8.17. The van der Waals surface area contributed by atoms with Crippen LogP contribution in [-0.4, -0.2) is 39.2 Å². The second kappa shape index (κ2) is 6.41. The number of aromatic nitrogens is 2. The van der Waals surface area contributed by atoms with Crippen molar-refractivity contribution < 1.29 is 4.79 Å². The second-order valence-corrected chi connectivity index (χ2v) is 6.34. The molecule has 1 aliphatic heterocycles. The van der Waals surface area contributed by atoms with Crippen molar-refractivity contribution in [2.24, 2.45) is 0 Å². The maximum Gasteiger partial charge on any atom is 0.322 e. The molecule has 21 heavy (non-hydrogen) atoms. The molecule has 1 saturated heterocycles. The molecule has 7 heteroatoms. The van der Waals surface area contributed by atoms with Gasteiger partial charge in [0.15, 0.2) is 0 Å². The highest BCUT2D eigenvalue weighted by molar-refractivity contribution is 7.99. The Morgan fingerprint density at radius 2 is 2.24 bits per heavy atom. The third kappa shape index (κ3) is 3.33. The molecule has 0 bridgehead atoms. The van der Waals surface area contributed by atoms with Crippen molar-refractivity contribution in [1.29, 1.82) is 0 Å². The molecule has 1 aromatic carbocycles. The molecular formula is C14H15ClN4OS. The fourth-order valence-electron chi connectivity index (χ4n) is 2.32. The number of nitrogens with zero attached hydrogens (tertiary/aromatic N) is 2. The number of anilines is 1. The zero-order chi connectivity index (χ0) is 14.7. The third-order valence-electron chi connectivity index (χ3n) is 3.39. The molecule has 1 unspecified atom stereocenters. The van der Waals surface area contributed by atoms with Crippen LogP contribution in [0.4, 0.5) is 10.5 Å². The van der Waals surface area contributed by atoms with Crippen LogP contribution in [0.2, 0.25) is 5.02 Å². The van der Waals surface area contributed by atoms with Gasteiger partial charge in [-0.1, -0.05) is 23.7 Å². The van der Waals surface area contributed by atoms with Crippen LogP contribution in [0.3, 0.4) is 0 Å². The number of rotatable bonds is 2. The first kappa shape index (κ1) is 14.3. The van der Waals surface area contributed by atoms with Crippen LogP contribution in [0.1, 0.15) is 11.6 Å². The molecule has 110 valence electrons. The van der Waals surface area contributed by atoms with Crippen molar-refractivity contribution in [2.75, 3.05) is 23.4 Å². The van der Waals surface area contributed by atoms with E-state index in [1.54, 1.807) is 12.4 Å². The number of aromatic amines is 1. The van der Waals surface area contributed by atoms with Gasteiger partial charge in [0.2, 0.25) is 0 Å². The molecular weight excluding hydrogens is 308 g/mol. The Kier molecular flexibility index (Phi) is 4.36. The Bertz CT molecular complexity index is 602. The lowest BCUT2D eigenvalue weighted by molar-refractivity contribution is 0.196. The molecule has 2 heterocycles. The quantitative estimate of drug-likeness (QED) is 0.891. The smallest absolute Gasteiger partial charge is 0.316 e. The van der Waals surface area contributed by atoms with E-state index >= 15 is 0 Å². The minimum absolute atomic E-state index is 0.0629. The Hall–Kier alpha value is -1.66. The molecule has 2 aromatic rings. The van der Waals surface area contributed by atoms with E-state index in [1.165, 1.54) is 0 Å². The largest absolute Gasteiger partial charge is 0.322 e. The molecule has 1 aliphatic rings. The molecule has 5 nitrogen and oxygen atoms in total. The highest BCUT2D eigenvalue weighted by Crippen LogP contribution is 2.30. The first-order valence-electron chi connectivity index (χ1n) is 6.63. The van der Waals surface area contributed by atoms with Crippen LogP contribution in [0.25, 0.3) is 0 Å². The van der Waals surface area contributed by atoms with Gasteiger partial charge in [-0.2, -0.15) is 16.9 Å². The standard InChI is InChI=1S/C14H15ClN4OS/c15-11-3-1-10(2-4-11)13-9-21-6-5-19(13)14(20)18-12-7-16-17-8-12/h1-4,7-8,13H,5-6,9H2,(H,16,17)(H,18,20). The number of carbonyl (C=O) groups excluding carboxylic acids is 1. The fraction of sp³-hybridized carbons (Fsp3) is 0.286. The van der Waals surface area contributed by atoms with Crippen molar-refractivity contribution in [3.05, 3.63) is 47.2 Å². The summed E-state index contributed by atoms with van der Waals surface area (Å²) in [7, 11) is 0. The molecule has 1 fully saturated rings. The molecule has 0 spiro atoms. The number of carbonyl (C=O) groups is 1. The minimum atomic E-state index is -0.100. The number of nitrogens with one attached hydrogen (secondary N) is 2. The number of urea groups is 1. The normalized spacial score (nSPS) is 18.5. The highest BCUT2D eigenvalue weighted by atomic mass is 35.5. The number of thioether (sulfide) groups is 1. The number of hydrogen-bond donors (Lipinski definition) is 2.